The van der Waals surface area contributed by atoms with Gasteiger partial charge in [0.25, 0.3) is 0 Å². The maximum atomic E-state index is 13.1. The number of rotatable bonds is 6. The lowest BCUT2D eigenvalue weighted by Gasteiger charge is -2.31. The summed E-state index contributed by atoms with van der Waals surface area (Å²) in [5, 5.41) is 0. The lowest BCUT2D eigenvalue weighted by Crippen LogP contribution is -2.39. The fourth-order valence-electron chi connectivity index (χ4n) is 4.16. The maximum Gasteiger partial charge on any atom is 0.218 e. The zero-order valence-electron chi connectivity index (χ0n) is 17.7. The topological polar surface area (TPSA) is 50.3 Å². The van der Waals surface area contributed by atoms with E-state index in [-0.39, 0.29) is 17.5 Å². The van der Waals surface area contributed by atoms with Crippen LogP contribution in [0.3, 0.4) is 0 Å². The third-order valence-corrected chi connectivity index (χ3v) is 7.61. The normalized spacial score (nSPS) is 17.5. The Bertz CT molecular complexity index is 1130. The monoisotopic (exact) mass is 438 g/mol. The van der Waals surface area contributed by atoms with Crippen LogP contribution in [-0.2, 0) is 22.2 Å². The Hall–Kier alpha value is -2.57. The van der Waals surface area contributed by atoms with Gasteiger partial charge in [0, 0.05) is 30.9 Å². The number of benzene rings is 2. The number of pyridine rings is 1. The summed E-state index contributed by atoms with van der Waals surface area (Å²) in [6.07, 6.45) is 4.30. The van der Waals surface area contributed by atoms with Crippen LogP contribution in [0.4, 0.5) is 4.39 Å². The summed E-state index contributed by atoms with van der Waals surface area (Å²) in [7, 11) is -3.37. The van der Waals surface area contributed by atoms with Crippen molar-refractivity contribution in [2.45, 2.75) is 37.9 Å². The molecule has 0 radical (unpaired) electrons. The highest BCUT2D eigenvalue weighted by molar-refractivity contribution is 7.88. The van der Waals surface area contributed by atoms with E-state index in [1.807, 2.05) is 49.5 Å². The van der Waals surface area contributed by atoms with Gasteiger partial charge in [-0.3, -0.25) is 4.98 Å². The van der Waals surface area contributed by atoms with E-state index in [2.05, 4.69) is 4.98 Å². The van der Waals surface area contributed by atoms with Crippen LogP contribution in [0.25, 0.3) is 0 Å². The lowest BCUT2D eigenvalue weighted by atomic mass is 9.95. The van der Waals surface area contributed by atoms with Gasteiger partial charge in [0.2, 0.25) is 10.0 Å². The Balaban J connectivity index is 1.42. The molecular weight excluding hydrogens is 411 g/mol. The summed E-state index contributed by atoms with van der Waals surface area (Å²) >= 11 is 0. The van der Waals surface area contributed by atoms with Crippen molar-refractivity contribution in [3.8, 4) is 0 Å². The second kappa shape index (κ2) is 9.28. The molecule has 2 aromatic carbocycles. The van der Waals surface area contributed by atoms with Crippen molar-refractivity contribution in [3.05, 3.63) is 101 Å². The summed E-state index contributed by atoms with van der Waals surface area (Å²) in [5.41, 5.74) is 4.90. The minimum atomic E-state index is -3.37. The molecule has 6 heteroatoms. The number of hydrogen-bond donors (Lipinski definition) is 0. The molecule has 31 heavy (non-hydrogen) atoms. The highest BCUT2D eigenvalue weighted by Crippen LogP contribution is 2.28. The van der Waals surface area contributed by atoms with Crippen LogP contribution in [0.15, 0.2) is 66.9 Å². The van der Waals surface area contributed by atoms with Crippen LogP contribution in [-0.4, -0.2) is 30.8 Å². The zero-order valence-corrected chi connectivity index (χ0v) is 18.5. The molecule has 4 rings (SSSR count). The first-order valence-corrected chi connectivity index (χ1v) is 12.2. The minimum absolute atomic E-state index is 0.0332. The van der Waals surface area contributed by atoms with Gasteiger partial charge in [-0.2, -0.15) is 0 Å². The molecule has 2 heterocycles. The first-order chi connectivity index (χ1) is 14.9. The van der Waals surface area contributed by atoms with E-state index in [0.717, 1.165) is 40.8 Å². The predicted molar refractivity (Wildman–Crippen MR) is 121 cm³/mol. The number of nitrogens with zero attached hydrogens (tertiary/aromatic N) is 2. The average Bonchev–Trinajstić information content (AvgIpc) is 2.76. The van der Waals surface area contributed by atoms with Gasteiger partial charge in [0.15, 0.2) is 0 Å². The van der Waals surface area contributed by atoms with E-state index in [1.54, 1.807) is 16.4 Å². The van der Waals surface area contributed by atoms with E-state index in [4.69, 9.17) is 0 Å². The zero-order chi connectivity index (χ0) is 21.8. The first kappa shape index (κ1) is 21.7. The lowest BCUT2D eigenvalue weighted by molar-refractivity contribution is 0.312. The third kappa shape index (κ3) is 5.57. The number of aromatic nitrogens is 1. The van der Waals surface area contributed by atoms with Crippen molar-refractivity contribution in [3.63, 3.8) is 0 Å². The number of sulfonamides is 1. The maximum absolute atomic E-state index is 13.1. The molecule has 0 aliphatic carbocycles. The molecule has 0 unspecified atom stereocenters. The van der Waals surface area contributed by atoms with Crippen molar-refractivity contribution in [2.24, 2.45) is 0 Å². The molecule has 1 aliphatic rings. The molecule has 0 saturated carbocycles. The molecule has 0 bridgehead atoms. The van der Waals surface area contributed by atoms with Crippen molar-refractivity contribution < 1.29 is 12.8 Å². The summed E-state index contributed by atoms with van der Waals surface area (Å²) in [6.45, 7) is 3.00. The highest BCUT2D eigenvalue weighted by Gasteiger charge is 2.30. The molecule has 1 saturated heterocycles. The third-order valence-electron chi connectivity index (χ3n) is 5.80. The molecule has 0 N–H and O–H groups in total. The van der Waals surface area contributed by atoms with E-state index in [1.165, 1.54) is 12.1 Å². The van der Waals surface area contributed by atoms with E-state index in [9.17, 15) is 12.8 Å². The van der Waals surface area contributed by atoms with Gasteiger partial charge >= 0.3 is 0 Å². The van der Waals surface area contributed by atoms with Crippen molar-refractivity contribution in [1.82, 2.24) is 9.29 Å². The van der Waals surface area contributed by atoms with Gasteiger partial charge in [-0.15, -0.1) is 0 Å². The molecule has 1 aliphatic heterocycles. The van der Waals surface area contributed by atoms with Gasteiger partial charge in [-0.05, 0) is 61.1 Å². The van der Waals surface area contributed by atoms with E-state index < -0.39 is 10.0 Å². The van der Waals surface area contributed by atoms with Crippen molar-refractivity contribution in [1.29, 1.82) is 0 Å². The Kier molecular flexibility index (Phi) is 6.49. The molecule has 0 amide bonds. The fourth-order valence-corrected chi connectivity index (χ4v) is 5.76. The molecule has 1 fully saturated rings. The molecule has 162 valence electrons. The second-order valence-electron chi connectivity index (χ2n) is 8.34. The second-order valence-corrected chi connectivity index (χ2v) is 10.3. The standard InChI is InChI=1S/C25H27FN2O2S/c1-19-4-2-5-22(14-19)18-31(29,30)28-13-3-6-23(17-28)25-12-9-21(16-27-25)15-20-7-10-24(26)11-8-20/h2,4-5,7-12,14,16,23H,3,6,13,15,17-18H2,1H3/t23-/m1/s1. The van der Waals surface area contributed by atoms with Gasteiger partial charge < -0.3 is 0 Å². The van der Waals surface area contributed by atoms with Gasteiger partial charge in [0.1, 0.15) is 5.82 Å². The van der Waals surface area contributed by atoms with E-state index in [0.29, 0.717) is 19.5 Å². The Morgan fingerprint density at radius 3 is 2.52 bits per heavy atom. The van der Waals surface area contributed by atoms with E-state index >= 15 is 0 Å². The minimum Gasteiger partial charge on any atom is -0.261 e. The summed E-state index contributed by atoms with van der Waals surface area (Å²) in [5.74, 6) is -0.108. The van der Waals surface area contributed by atoms with Crippen molar-refractivity contribution >= 4 is 10.0 Å². The Morgan fingerprint density at radius 2 is 1.81 bits per heavy atom. The van der Waals surface area contributed by atoms with Crippen LogP contribution < -0.4 is 0 Å². The average molecular weight is 439 g/mol. The molecule has 1 atom stereocenters. The number of aryl methyl sites for hydroxylation is 1. The van der Waals surface area contributed by atoms with Crippen molar-refractivity contribution in [2.75, 3.05) is 13.1 Å². The van der Waals surface area contributed by atoms with Gasteiger partial charge in [-0.25, -0.2) is 17.1 Å². The Labute approximate surface area is 183 Å². The molecule has 0 spiro atoms. The molecular formula is C25H27FN2O2S. The molecule has 3 aromatic rings. The predicted octanol–water partition coefficient (Wildman–Crippen LogP) is 4.83. The molecule has 1 aromatic heterocycles. The quantitative estimate of drug-likeness (QED) is 0.554. The SMILES string of the molecule is Cc1cccc(CS(=O)(=O)N2CCC[C@@H](c3ccc(Cc4ccc(F)cc4)cn3)C2)c1. The summed E-state index contributed by atoms with van der Waals surface area (Å²) in [6, 6.07) is 18.2. The number of hydrogen-bond acceptors (Lipinski definition) is 3. The van der Waals surface area contributed by atoms with Crippen LogP contribution in [0.2, 0.25) is 0 Å². The summed E-state index contributed by atoms with van der Waals surface area (Å²) in [4.78, 5) is 4.63. The van der Waals surface area contributed by atoms with Crippen LogP contribution >= 0.6 is 0 Å². The first-order valence-electron chi connectivity index (χ1n) is 10.6. The fraction of sp³-hybridized carbons (Fsp3) is 0.320. The largest absolute Gasteiger partial charge is 0.261 e. The molecule has 4 nitrogen and oxygen atoms in total. The smallest absolute Gasteiger partial charge is 0.218 e. The van der Waals surface area contributed by atoms with Gasteiger partial charge in [0.05, 0.1) is 5.75 Å². The van der Waals surface area contributed by atoms with Crippen LogP contribution in [0, 0.1) is 12.7 Å². The number of halogens is 1. The number of piperidine rings is 1. The van der Waals surface area contributed by atoms with Gasteiger partial charge in [-0.1, -0.05) is 48.0 Å². The van der Waals surface area contributed by atoms with Crippen LogP contribution in [0.5, 0.6) is 0 Å². The van der Waals surface area contributed by atoms with Crippen LogP contribution in [0.1, 0.15) is 46.7 Å². The Morgan fingerprint density at radius 1 is 1.03 bits per heavy atom. The summed E-state index contributed by atoms with van der Waals surface area (Å²) < 4.78 is 40.7. The highest BCUT2D eigenvalue weighted by atomic mass is 32.2.